The lowest BCUT2D eigenvalue weighted by molar-refractivity contribution is -0.132. The molecular formula is C18H26N2O4. The molecule has 0 spiro atoms. The largest absolute Gasteiger partial charge is 0.383 e. The molecule has 132 valence electrons. The van der Waals surface area contributed by atoms with Crippen molar-refractivity contribution in [3.8, 4) is 0 Å². The predicted octanol–water partition coefficient (Wildman–Crippen LogP) is 0.902. The van der Waals surface area contributed by atoms with Gasteiger partial charge in [0.2, 0.25) is 5.91 Å². The van der Waals surface area contributed by atoms with Crippen LogP contribution >= 0.6 is 0 Å². The summed E-state index contributed by atoms with van der Waals surface area (Å²) in [6.45, 7) is 5.03. The van der Waals surface area contributed by atoms with Crippen LogP contribution in [0.3, 0.4) is 0 Å². The third-order valence-corrected chi connectivity index (χ3v) is 4.08. The Balaban J connectivity index is 1.96. The summed E-state index contributed by atoms with van der Waals surface area (Å²) < 4.78 is 10.4. The third kappa shape index (κ3) is 4.79. The van der Waals surface area contributed by atoms with Gasteiger partial charge < -0.3 is 20.1 Å². The van der Waals surface area contributed by atoms with E-state index in [-0.39, 0.29) is 17.7 Å². The summed E-state index contributed by atoms with van der Waals surface area (Å²) in [6, 6.07) is 9.14. The van der Waals surface area contributed by atoms with Crippen molar-refractivity contribution >= 4 is 11.8 Å². The molecule has 0 bridgehead atoms. The fourth-order valence-corrected chi connectivity index (χ4v) is 2.52. The minimum absolute atomic E-state index is 0.0241. The van der Waals surface area contributed by atoms with E-state index in [9.17, 15) is 9.59 Å². The number of hydrogen-bond donors (Lipinski definition) is 2. The number of carbonyl (C=O) groups excluding carboxylic acids is 2. The third-order valence-electron chi connectivity index (χ3n) is 4.08. The Kier molecular flexibility index (Phi) is 6.34. The summed E-state index contributed by atoms with van der Waals surface area (Å²) in [5.74, 6) is -0.457. The lowest BCUT2D eigenvalue weighted by Gasteiger charge is -2.23. The van der Waals surface area contributed by atoms with E-state index in [1.807, 2.05) is 44.2 Å². The average molecular weight is 334 g/mol. The summed E-state index contributed by atoms with van der Waals surface area (Å²) in [5, 5.41) is 5.62. The zero-order valence-electron chi connectivity index (χ0n) is 14.5. The Labute approximate surface area is 142 Å². The molecule has 6 nitrogen and oxygen atoms in total. The van der Waals surface area contributed by atoms with E-state index in [0.717, 1.165) is 5.56 Å². The molecule has 1 aromatic rings. The number of carbonyl (C=O) groups is 2. The van der Waals surface area contributed by atoms with Gasteiger partial charge in [-0.1, -0.05) is 44.2 Å². The van der Waals surface area contributed by atoms with Crippen LogP contribution in [0.1, 0.15) is 19.4 Å². The molecule has 0 saturated carbocycles. The molecule has 2 N–H and O–H groups in total. The maximum Gasteiger partial charge on any atom is 0.255 e. The lowest BCUT2D eigenvalue weighted by Crippen LogP contribution is -2.53. The highest BCUT2D eigenvalue weighted by Gasteiger charge is 2.52. The molecule has 24 heavy (non-hydrogen) atoms. The molecule has 0 unspecified atom stereocenters. The monoisotopic (exact) mass is 334 g/mol. The van der Waals surface area contributed by atoms with Crippen LogP contribution in [0.5, 0.6) is 0 Å². The summed E-state index contributed by atoms with van der Waals surface area (Å²) in [5.41, 5.74) is 0.192. The highest BCUT2D eigenvalue weighted by atomic mass is 16.6. The van der Waals surface area contributed by atoms with E-state index in [4.69, 9.17) is 9.47 Å². The molecule has 1 fully saturated rings. The van der Waals surface area contributed by atoms with Crippen molar-refractivity contribution in [3.63, 3.8) is 0 Å². The quantitative estimate of drug-likeness (QED) is 0.519. The van der Waals surface area contributed by atoms with E-state index in [2.05, 4.69) is 10.6 Å². The van der Waals surface area contributed by atoms with Crippen LogP contribution in [-0.4, -0.2) is 50.3 Å². The van der Waals surface area contributed by atoms with Crippen molar-refractivity contribution in [1.29, 1.82) is 0 Å². The van der Waals surface area contributed by atoms with Gasteiger partial charge in [-0.25, -0.2) is 0 Å². The summed E-state index contributed by atoms with van der Waals surface area (Å²) in [6.07, 6.45) is 0.510. The van der Waals surface area contributed by atoms with Crippen LogP contribution in [0.15, 0.2) is 30.3 Å². The normalized spacial score (nSPS) is 20.5. The first-order valence-corrected chi connectivity index (χ1v) is 8.24. The molecule has 2 atom stereocenters. The van der Waals surface area contributed by atoms with Crippen LogP contribution in [0.4, 0.5) is 0 Å². The molecule has 1 aliphatic rings. The van der Waals surface area contributed by atoms with Crippen molar-refractivity contribution < 1.29 is 19.1 Å². The minimum atomic E-state index is -0.846. The van der Waals surface area contributed by atoms with Gasteiger partial charge in [0, 0.05) is 20.1 Å². The van der Waals surface area contributed by atoms with Crippen LogP contribution in [-0.2, 0) is 25.5 Å². The Hall–Kier alpha value is -1.92. The van der Waals surface area contributed by atoms with Crippen LogP contribution < -0.4 is 10.6 Å². The van der Waals surface area contributed by atoms with Gasteiger partial charge in [0.25, 0.3) is 5.91 Å². The molecular weight excluding hydrogens is 308 g/mol. The number of rotatable bonds is 9. The first-order chi connectivity index (χ1) is 11.5. The molecule has 1 aromatic carbocycles. The smallest absolute Gasteiger partial charge is 0.255 e. The first-order valence-electron chi connectivity index (χ1n) is 8.24. The fraction of sp³-hybridized carbons (Fsp3) is 0.556. The van der Waals surface area contributed by atoms with Crippen molar-refractivity contribution in [3.05, 3.63) is 35.9 Å². The maximum atomic E-state index is 12.6. The number of benzene rings is 1. The van der Waals surface area contributed by atoms with E-state index in [0.29, 0.717) is 26.2 Å². The second-order valence-corrected chi connectivity index (χ2v) is 6.42. The number of methoxy groups -OCH3 is 1. The van der Waals surface area contributed by atoms with Gasteiger partial charge in [0.1, 0.15) is 6.04 Å². The first kappa shape index (κ1) is 18.4. The highest BCUT2D eigenvalue weighted by molar-refractivity contribution is 5.93. The number of ether oxygens (including phenoxy) is 2. The molecule has 2 amide bonds. The molecule has 1 saturated heterocycles. The standard InChI is InChI=1S/C18H26N2O4/c1-13(2)15(16(21)19-9-10-23-3)20-17(22)18(12-24-18)11-14-7-5-4-6-8-14/h4-8,13,15H,9-12H2,1-3H3,(H,19,21)(H,20,22)/t15-,18-/m0/s1. The number of nitrogens with one attached hydrogen (secondary N) is 2. The predicted molar refractivity (Wildman–Crippen MR) is 90.5 cm³/mol. The van der Waals surface area contributed by atoms with Gasteiger partial charge >= 0.3 is 0 Å². The maximum absolute atomic E-state index is 12.6. The Morgan fingerprint density at radius 2 is 1.96 bits per heavy atom. The van der Waals surface area contributed by atoms with Crippen LogP contribution in [0.25, 0.3) is 0 Å². The molecule has 0 radical (unpaired) electrons. The number of epoxide rings is 1. The average Bonchev–Trinajstić information content (AvgIpc) is 3.34. The van der Waals surface area contributed by atoms with Gasteiger partial charge in [-0.3, -0.25) is 9.59 Å². The Morgan fingerprint density at radius 1 is 1.29 bits per heavy atom. The molecule has 0 aromatic heterocycles. The van der Waals surface area contributed by atoms with E-state index in [1.54, 1.807) is 7.11 Å². The van der Waals surface area contributed by atoms with Crippen molar-refractivity contribution in [1.82, 2.24) is 10.6 Å². The van der Waals surface area contributed by atoms with E-state index >= 15 is 0 Å². The van der Waals surface area contributed by atoms with Gasteiger partial charge in [0.05, 0.1) is 13.2 Å². The second kappa shape index (κ2) is 8.26. The van der Waals surface area contributed by atoms with Crippen molar-refractivity contribution in [2.45, 2.75) is 31.9 Å². The van der Waals surface area contributed by atoms with Crippen molar-refractivity contribution in [2.24, 2.45) is 5.92 Å². The lowest BCUT2D eigenvalue weighted by atomic mass is 9.97. The van der Waals surface area contributed by atoms with Crippen LogP contribution in [0, 0.1) is 5.92 Å². The van der Waals surface area contributed by atoms with Gasteiger partial charge in [-0.05, 0) is 11.5 Å². The SMILES string of the molecule is COCCNC(=O)[C@@H](NC(=O)[C@]1(Cc2ccccc2)CO1)C(C)C. The van der Waals surface area contributed by atoms with E-state index in [1.165, 1.54) is 0 Å². The number of amides is 2. The Morgan fingerprint density at radius 3 is 2.50 bits per heavy atom. The molecule has 0 aliphatic carbocycles. The van der Waals surface area contributed by atoms with Crippen molar-refractivity contribution in [2.75, 3.05) is 26.9 Å². The number of hydrogen-bond acceptors (Lipinski definition) is 4. The zero-order valence-corrected chi connectivity index (χ0v) is 14.5. The van der Waals surface area contributed by atoms with Gasteiger partial charge in [-0.15, -0.1) is 0 Å². The topological polar surface area (TPSA) is 80.0 Å². The van der Waals surface area contributed by atoms with Crippen LogP contribution in [0.2, 0.25) is 0 Å². The molecule has 6 heteroatoms. The van der Waals surface area contributed by atoms with Gasteiger partial charge in [0.15, 0.2) is 5.60 Å². The van der Waals surface area contributed by atoms with E-state index < -0.39 is 11.6 Å². The zero-order chi connectivity index (χ0) is 17.6. The minimum Gasteiger partial charge on any atom is -0.383 e. The second-order valence-electron chi connectivity index (χ2n) is 6.42. The summed E-state index contributed by atoms with van der Waals surface area (Å²) in [7, 11) is 1.58. The van der Waals surface area contributed by atoms with Gasteiger partial charge in [-0.2, -0.15) is 0 Å². The molecule has 1 aliphatic heterocycles. The molecule has 2 rings (SSSR count). The Bertz CT molecular complexity index is 555. The fourth-order valence-electron chi connectivity index (χ4n) is 2.52. The molecule has 1 heterocycles. The highest BCUT2D eigenvalue weighted by Crippen LogP contribution is 2.31. The summed E-state index contributed by atoms with van der Waals surface area (Å²) >= 11 is 0. The summed E-state index contributed by atoms with van der Waals surface area (Å²) in [4.78, 5) is 24.9.